The Hall–Kier alpha value is -3.73. The highest BCUT2D eigenvalue weighted by atomic mass is 32.2. The van der Waals surface area contributed by atoms with Crippen LogP contribution in [-0.4, -0.2) is 61.6 Å². The van der Waals surface area contributed by atoms with E-state index in [1.807, 2.05) is 0 Å². The molecule has 35 heavy (non-hydrogen) atoms. The number of hydrogen-bond donors (Lipinski definition) is 1. The number of ether oxygens (including phenoxy) is 2. The number of hydrazone groups is 1. The summed E-state index contributed by atoms with van der Waals surface area (Å²) in [6.07, 6.45) is -0.992. The monoisotopic (exact) mass is 499 g/mol. The number of nitrogens with one attached hydrogen (secondary N) is 1. The van der Waals surface area contributed by atoms with Crippen LogP contribution in [0.25, 0.3) is 0 Å². The van der Waals surface area contributed by atoms with E-state index in [1.165, 1.54) is 7.11 Å². The fourth-order valence-corrected chi connectivity index (χ4v) is 5.65. The number of amides is 2. The van der Waals surface area contributed by atoms with Crippen LogP contribution in [0, 0.1) is 0 Å². The van der Waals surface area contributed by atoms with Crippen LogP contribution in [0.2, 0.25) is 0 Å². The predicted molar refractivity (Wildman–Crippen MR) is 127 cm³/mol. The number of hydrogen-bond acceptors (Lipinski definition) is 8. The first-order chi connectivity index (χ1) is 16.8. The zero-order valence-corrected chi connectivity index (χ0v) is 19.9. The van der Waals surface area contributed by atoms with Gasteiger partial charge in [-0.25, -0.2) is 18.2 Å². The molecular weight excluding hydrogens is 474 g/mol. The van der Waals surface area contributed by atoms with Gasteiger partial charge in [-0.15, -0.1) is 0 Å². The van der Waals surface area contributed by atoms with Crippen molar-refractivity contribution in [2.24, 2.45) is 5.10 Å². The van der Waals surface area contributed by atoms with E-state index in [9.17, 15) is 22.8 Å². The van der Waals surface area contributed by atoms with Crippen molar-refractivity contribution < 1.29 is 32.3 Å². The molecule has 4 rings (SSSR count). The second-order valence-corrected chi connectivity index (χ2v) is 10.5. The third-order valence-electron chi connectivity index (χ3n) is 5.75. The number of rotatable bonds is 7. The van der Waals surface area contributed by atoms with E-state index in [-0.39, 0.29) is 42.4 Å². The molecule has 0 unspecified atom stereocenters. The van der Waals surface area contributed by atoms with Gasteiger partial charge in [-0.1, -0.05) is 36.4 Å². The number of nitrogens with zero attached hydrogens (tertiary/aromatic N) is 2. The van der Waals surface area contributed by atoms with Gasteiger partial charge in [0.15, 0.2) is 9.84 Å². The first kappa shape index (κ1) is 24.4. The van der Waals surface area contributed by atoms with E-state index in [2.05, 4.69) is 10.4 Å². The van der Waals surface area contributed by atoms with Crippen LogP contribution in [0.5, 0.6) is 5.75 Å². The van der Waals surface area contributed by atoms with Gasteiger partial charge in [-0.2, -0.15) is 5.10 Å². The van der Waals surface area contributed by atoms with Gasteiger partial charge in [0.05, 0.1) is 24.7 Å². The molecule has 0 spiro atoms. The topological polar surface area (TPSA) is 131 Å². The van der Waals surface area contributed by atoms with Gasteiger partial charge in [0, 0.05) is 30.2 Å². The minimum absolute atomic E-state index is 0.00348. The normalized spacial score (nSPS) is 20.0. The number of esters is 1. The van der Waals surface area contributed by atoms with Crippen molar-refractivity contribution in [3.8, 4) is 5.75 Å². The maximum absolute atomic E-state index is 13.1. The van der Waals surface area contributed by atoms with E-state index in [1.54, 1.807) is 54.6 Å². The lowest BCUT2D eigenvalue weighted by atomic mass is 10.1. The predicted octanol–water partition coefficient (Wildman–Crippen LogP) is 2.08. The summed E-state index contributed by atoms with van der Waals surface area (Å²) in [6, 6.07) is 14.7. The molecule has 2 aliphatic rings. The van der Waals surface area contributed by atoms with Crippen molar-refractivity contribution in [3.63, 3.8) is 0 Å². The Morgan fingerprint density at radius 3 is 2.57 bits per heavy atom. The van der Waals surface area contributed by atoms with Gasteiger partial charge >= 0.3 is 5.97 Å². The molecular formula is C24H25N3O7S. The minimum Gasteiger partial charge on any atom is -0.497 e. The highest BCUT2D eigenvalue weighted by molar-refractivity contribution is 7.91. The summed E-state index contributed by atoms with van der Waals surface area (Å²) >= 11 is 0. The zero-order chi connectivity index (χ0) is 25.0. The molecule has 0 saturated carbocycles. The SMILES string of the molecule is COc1cccc(NC(=O)[C@@H](OC(=O)C2=NN([C@H]3CCS(=O)(=O)C3)C(=O)CC2)c2ccccc2)c1. The molecule has 0 aliphatic carbocycles. The Bertz CT molecular complexity index is 1260. The molecule has 1 saturated heterocycles. The maximum Gasteiger partial charge on any atom is 0.355 e. The lowest BCUT2D eigenvalue weighted by molar-refractivity contribution is -0.148. The van der Waals surface area contributed by atoms with E-state index in [4.69, 9.17) is 9.47 Å². The molecule has 184 valence electrons. The van der Waals surface area contributed by atoms with E-state index in [0.29, 0.717) is 17.0 Å². The standard InChI is InChI=1S/C24H25N3O7S/c1-33-19-9-5-8-17(14-19)25-23(29)22(16-6-3-2-4-7-16)34-24(30)20-10-11-21(28)27(26-20)18-12-13-35(31,32)15-18/h2-9,14,18,22H,10-13,15H2,1H3,(H,25,29)/t18-,22-/m0/s1. The average molecular weight is 500 g/mol. The molecule has 1 fully saturated rings. The number of benzene rings is 2. The first-order valence-corrected chi connectivity index (χ1v) is 12.9. The van der Waals surface area contributed by atoms with Gasteiger partial charge in [0.25, 0.3) is 5.91 Å². The van der Waals surface area contributed by atoms with Gasteiger partial charge < -0.3 is 14.8 Å². The summed E-state index contributed by atoms with van der Waals surface area (Å²) in [5.74, 6) is -1.45. The second kappa shape index (κ2) is 10.3. The molecule has 0 radical (unpaired) electrons. The maximum atomic E-state index is 13.1. The molecule has 0 bridgehead atoms. The van der Waals surface area contributed by atoms with Crippen LogP contribution in [0.15, 0.2) is 59.7 Å². The molecule has 2 amide bonds. The first-order valence-electron chi connectivity index (χ1n) is 11.1. The molecule has 2 heterocycles. The van der Waals surface area contributed by atoms with Crippen LogP contribution in [0.4, 0.5) is 5.69 Å². The molecule has 1 N–H and O–H groups in total. The van der Waals surface area contributed by atoms with Crippen LogP contribution < -0.4 is 10.1 Å². The van der Waals surface area contributed by atoms with Crippen molar-refractivity contribution in [2.45, 2.75) is 31.4 Å². The summed E-state index contributed by atoms with van der Waals surface area (Å²) in [4.78, 5) is 38.5. The minimum atomic E-state index is -3.25. The van der Waals surface area contributed by atoms with Crippen molar-refractivity contribution in [2.75, 3.05) is 23.9 Å². The highest BCUT2D eigenvalue weighted by Crippen LogP contribution is 2.25. The lowest BCUT2D eigenvalue weighted by Gasteiger charge is -2.27. The fraction of sp³-hybridized carbons (Fsp3) is 0.333. The molecule has 10 nitrogen and oxygen atoms in total. The second-order valence-electron chi connectivity index (χ2n) is 8.26. The Kier molecular flexibility index (Phi) is 7.15. The third kappa shape index (κ3) is 5.86. The highest BCUT2D eigenvalue weighted by Gasteiger charge is 2.38. The number of carbonyl (C=O) groups is 3. The number of methoxy groups -OCH3 is 1. The number of carbonyl (C=O) groups excluding carboxylic acids is 3. The summed E-state index contributed by atoms with van der Waals surface area (Å²) in [7, 11) is -1.74. The Morgan fingerprint density at radius 2 is 1.89 bits per heavy atom. The van der Waals surface area contributed by atoms with Crippen molar-refractivity contribution in [1.82, 2.24) is 5.01 Å². The van der Waals surface area contributed by atoms with Gasteiger partial charge in [-0.05, 0) is 18.6 Å². The van der Waals surface area contributed by atoms with E-state index >= 15 is 0 Å². The number of sulfone groups is 1. The fourth-order valence-electron chi connectivity index (χ4n) is 3.96. The molecule has 2 aliphatic heterocycles. The Balaban J connectivity index is 1.54. The Labute approximate surface area is 202 Å². The molecule has 2 aromatic carbocycles. The lowest BCUT2D eigenvalue weighted by Crippen LogP contribution is -2.42. The summed E-state index contributed by atoms with van der Waals surface area (Å²) < 4.78 is 34.4. The average Bonchev–Trinajstić information content (AvgIpc) is 3.22. The van der Waals surface area contributed by atoms with E-state index < -0.39 is 33.9 Å². The third-order valence-corrected chi connectivity index (χ3v) is 7.50. The van der Waals surface area contributed by atoms with E-state index in [0.717, 1.165) is 5.01 Å². The summed E-state index contributed by atoms with van der Waals surface area (Å²) in [5, 5.41) is 7.94. The van der Waals surface area contributed by atoms with Crippen molar-refractivity contribution in [3.05, 3.63) is 60.2 Å². The van der Waals surface area contributed by atoms with Crippen molar-refractivity contribution >= 4 is 39.0 Å². The largest absolute Gasteiger partial charge is 0.497 e. The van der Waals surface area contributed by atoms with Crippen LogP contribution in [0.1, 0.15) is 30.9 Å². The smallest absolute Gasteiger partial charge is 0.355 e. The number of anilines is 1. The summed E-state index contributed by atoms with van der Waals surface area (Å²) in [5.41, 5.74) is 0.872. The van der Waals surface area contributed by atoms with Gasteiger partial charge in [0.2, 0.25) is 12.0 Å². The summed E-state index contributed by atoms with van der Waals surface area (Å²) in [6.45, 7) is 0. The van der Waals surface area contributed by atoms with Crippen LogP contribution in [-0.2, 0) is 29.0 Å². The van der Waals surface area contributed by atoms with Gasteiger partial charge in [-0.3, -0.25) is 9.59 Å². The molecule has 0 aromatic heterocycles. The Morgan fingerprint density at radius 1 is 1.11 bits per heavy atom. The molecule has 11 heteroatoms. The zero-order valence-electron chi connectivity index (χ0n) is 19.0. The molecule has 2 aromatic rings. The van der Waals surface area contributed by atoms with Gasteiger partial charge in [0.1, 0.15) is 11.5 Å². The van der Waals surface area contributed by atoms with Crippen LogP contribution in [0.3, 0.4) is 0 Å². The molecule has 2 atom stereocenters. The van der Waals surface area contributed by atoms with Crippen LogP contribution >= 0.6 is 0 Å². The van der Waals surface area contributed by atoms with Crippen molar-refractivity contribution in [1.29, 1.82) is 0 Å². The quantitative estimate of drug-likeness (QED) is 0.577.